The highest BCUT2D eigenvalue weighted by Gasteiger charge is 2.32. The van der Waals surface area contributed by atoms with E-state index in [1.807, 2.05) is 78.7 Å². The zero-order valence-electron chi connectivity index (χ0n) is 21.8. The van der Waals surface area contributed by atoms with Gasteiger partial charge in [0.25, 0.3) is 0 Å². The minimum atomic E-state index is -1.13. The van der Waals surface area contributed by atoms with Crippen LogP contribution in [0.15, 0.2) is 78.9 Å². The van der Waals surface area contributed by atoms with Crippen LogP contribution < -0.4 is 5.32 Å². The maximum absolute atomic E-state index is 13.3. The fraction of sp³-hybridized carbons (Fsp3) is 0.300. The third-order valence-electron chi connectivity index (χ3n) is 7.01. The molecule has 0 fully saturated rings. The quantitative estimate of drug-likeness (QED) is 0.424. The first-order valence-corrected chi connectivity index (χ1v) is 12.6. The number of nitrogens with one attached hydrogen (secondary N) is 1. The molecule has 2 atom stereocenters. The number of hydrogen-bond acceptors (Lipinski definition) is 5. The Bertz CT molecular complexity index is 1250. The number of ether oxygens (including phenoxy) is 1. The van der Waals surface area contributed by atoms with Crippen LogP contribution in [0.5, 0.6) is 0 Å². The second-order valence-electron chi connectivity index (χ2n) is 9.67. The van der Waals surface area contributed by atoms with Crippen LogP contribution in [0.4, 0.5) is 4.79 Å². The number of amides is 2. The lowest BCUT2D eigenvalue weighted by Gasteiger charge is -2.29. The molecule has 0 bridgehead atoms. The first-order chi connectivity index (χ1) is 18.3. The largest absolute Gasteiger partial charge is 0.480 e. The molecule has 0 heterocycles. The summed E-state index contributed by atoms with van der Waals surface area (Å²) in [5.74, 6) is -1.75. The number of hydrogen-bond donors (Lipinski definition) is 2. The van der Waals surface area contributed by atoms with Crippen LogP contribution in [0.1, 0.15) is 29.5 Å². The number of carboxylic acids is 1. The Morgan fingerprint density at radius 1 is 0.895 bits per heavy atom. The number of aliphatic carboxylic acids is 1. The average Bonchev–Trinajstić information content (AvgIpc) is 3.24. The van der Waals surface area contributed by atoms with E-state index in [-0.39, 0.29) is 19.1 Å². The van der Waals surface area contributed by atoms with Crippen molar-refractivity contribution in [2.24, 2.45) is 0 Å². The Morgan fingerprint density at radius 2 is 1.45 bits per heavy atom. The van der Waals surface area contributed by atoms with E-state index in [1.165, 1.54) is 14.0 Å². The number of nitrogens with zero attached hydrogens (tertiary/aromatic N) is 2. The number of alkyl carbamates (subject to hydrolysis) is 1. The molecule has 3 aromatic rings. The van der Waals surface area contributed by atoms with Crippen LogP contribution >= 0.6 is 0 Å². The monoisotopic (exact) mass is 515 g/mol. The second kappa shape index (κ2) is 11.9. The minimum absolute atomic E-state index is 0.113. The third kappa shape index (κ3) is 6.03. The van der Waals surface area contributed by atoms with E-state index in [0.717, 1.165) is 32.7 Å². The van der Waals surface area contributed by atoms with Gasteiger partial charge >= 0.3 is 12.1 Å². The molecule has 0 spiro atoms. The maximum Gasteiger partial charge on any atom is 0.407 e. The van der Waals surface area contributed by atoms with E-state index in [0.29, 0.717) is 6.54 Å². The van der Waals surface area contributed by atoms with Gasteiger partial charge in [0.2, 0.25) is 5.91 Å². The standard InChI is InChI=1S/C30H33N3O5/c1-20(29(35)36)33(3)28(34)27(18-32(2)17-21-11-5-4-6-12-21)31-30(37)38-19-26-24-15-9-7-13-22(24)23-14-8-10-16-25(23)26/h4-16,20,26-27H,17-19H2,1-3H3,(H,31,37)(H,35,36)/t20-,27?/m0/s1. The first kappa shape index (κ1) is 26.9. The molecule has 0 radical (unpaired) electrons. The van der Waals surface area contributed by atoms with Gasteiger partial charge in [0.15, 0.2) is 0 Å². The Labute approximate surface area is 222 Å². The number of carbonyl (C=O) groups excluding carboxylic acids is 2. The summed E-state index contributed by atoms with van der Waals surface area (Å²) >= 11 is 0. The minimum Gasteiger partial charge on any atom is -0.480 e. The van der Waals surface area contributed by atoms with Gasteiger partial charge in [-0.2, -0.15) is 0 Å². The maximum atomic E-state index is 13.3. The molecule has 0 aliphatic heterocycles. The van der Waals surface area contributed by atoms with Crippen LogP contribution in [0.2, 0.25) is 0 Å². The number of likely N-dealkylation sites (N-methyl/N-ethyl adjacent to an activating group) is 2. The Balaban J connectivity index is 1.46. The molecule has 4 rings (SSSR count). The fourth-order valence-corrected chi connectivity index (χ4v) is 4.84. The fourth-order valence-electron chi connectivity index (χ4n) is 4.84. The summed E-state index contributed by atoms with van der Waals surface area (Å²) < 4.78 is 5.65. The van der Waals surface area contributed by atoms with Gasteiger partial charge < -0.3 is 20.1 Å². The lowest BCUT2D eigenvalue weighted by molar-refractivity contribution is -0.149. The summed E-state index contributed by atoms with van der Waals surface area (Å²) in [5, 5.41) is 12.1. The van der Waals surface area contributed by atoms with Crippen molar-refractivity contribution in [1.29, 1.82) is 0 Å². The van der Waals surface area contributed by atoms with Gasteiger partial charge in [-0.3, -0.25) is 9.69 Å². The van der Waals surface area contributed by atoms with E-state index in [1.54, 1.807) is 0 Å². The average molecular weight is 516 g/mol. The first-order valence-electron chi connectivity index (χ1n) is 12.6. The zero-order chi connectivity index (χ0) is 27.2. The third-order valence-corrected chi connectivity index (χ3v) is 7.01. The summed E-state index contributed by atoms with van der Waals surface area (Å²) in [6, 6.07) is 23.8. The summed E-state index contributed by atoms with van der Waals surface area (Å²) in [5.41, 5.74) is 5.47. The van der Waals surface area contributed by atoms with Gasteiger partial charge in [0.05, 0.1) is 0 Å². The summed E-state index contributed by atoms with van der Waals surface area (Å²) in [6.45, 7) is 2.27. The van der Waals surface area contributed by atoms with Gasteiger partial charge in [-0.1, -0.05) is 78.9 Å². The van der Waals surface area contributed by atoms with Crippen molar-refractivity contribution in [2.75, 3.05) is 27.2 Å². The highest BCUT2D eigenvalue weighted by atomic mass is 16.5. The molecule has 0 saturated heterocycles. The SMILES string of the molecule is C[C@@H](C(=O)O)N(C)C(=O)C(CN(C)Cc1ccccc1)NC(=O)OCC1c2ccccc2-c2ccccc21. The molecule has 38 heavy (non-hydrogen) atoms. The van der Waals surface area contributed by atoms with Gasteiger partial charge in [-0.05, 0) is 41.8 Å². The normalized spacial score (nSPS) is 13.8. The van der Waals surface area contributed by atoms with Gasteiger partial charge in [0, 0.05) is 26.1 Å². The zero-order valence-corrected chi connectivity index (χ0v) is 21.8. The second-order valence-corrected chi connectivity index (χ2v) is 9.67. The highest BCUT2D eigenvalue weighted by molar-refractivity contribution is 5.89. The summed E-state index contributed by atoms with van der Waals surface area (Å²) in [4.78, 5) is 40.8. The highest BCUT2D eigenvalue weighted by Crippen LogP contribution is 2.44. The molecule has 8 nitrogen and oxygen atoms in total. The molecule has 2 amide bonds. The number of carbonyl (C=O) groups is 3. The van der Waals surface area contributed by atoms with Crippen molar-refractivity contribution in [3.63, 3.8) is 0 Å². The van der Waals surface area contributed by atoms with Crippen molar-refractivity contribution in [2.45, 2.75) is 31.5 Å². The van der Waals surface area contributed by atoms with Crippen LogP contribution in [-0.4, -0.2) is 72.2 Å². The van der Waals surface area contributed by atoms with E-state index in [9.17, 15) is 19.5 Å². The smallest absolute Gasteiger partial charge is 0.407 e. The number of carboxylic acid groups (broad SMARTS) is 1. The summed E-state index contributed by atoms with van der Waals surface area (Å²) in [6.07, 6.45) is -0.727. The van der Waals surface area contributed by atoms with Crippen LogP contribution in [0.25, 0.3) is 11.1 Å². The van der Waals surface area contributed by atoms with Crippen LogP contribution in [0, 0.1) is 0 Å². The van der Waals surface area contributed by atoms with Gasteiger partial charge in [-0.25, -0.2) is 9.59 Å². The van der Waals surface area contributed by atoms with Crippen molar-refractivity contribution in [3.8, 4) is 11.1 Å². The van der Waals surface area contributed by atoms with E-state index in [4.69, 9.17) is 4.74 Å². The number of fused-ring (bicyclic) bond motifs is 3. The molecule has 1 unspecified atom stereocenters. The molecule has 1 aliphatic carbocycles. The van der Waals surface area contributed by atoms with E-state index in [2.05, 4.69) is 17.4 Å². The molecule has 3 aromatic carbocycles. The summed E-state index contributed by atoms with van der Waals surface area (Å²) in [7, 11) is 3.26. The molecule has 1 aliphatic rings. The molecule has 198 valence electrons. The lowest BCUT2D eigenvalue weighted by Crippen LogP contribution is -2.55. The predicted molar refractivity (Wildman–Crippen MR) is 145 cm³/mol. The molecule has 2 N–H and O–H groups in total. The van der Waals surface area contributed by atoms with Crippen molar-refractivity contribution in [3.05, 3.63) is 95.6 Å². The Kier molecular flexibility index (Phi) is 8.43. The van der Waals surface area contributed by atoms with Crippen LogP contribution in [0.3, 0.4) is 0 Å². The number of benzene rings is 3. The number of rotatable bonds is 10. The van der Waals surface area contributed by atoms with Crippen molar-refractivity contribution in [1.82, 2.24) is 15.1 Å². The molecular weight excluding hydrogens is 482 g/mol. The van der Waals surface area contributed by atoms with E-state index < -0.39 is 30.1 Å². The van der Waals surface area contributed by atoms with Crippen molar-refractivity contribution < 1.29 is 24.2 Å². The topological polar surface area (TPSA) is 99.2 Å². The van der Waals surface area contributed by atoms with Crippen LogP contribution in [-0.2, 0) is 20.9 Å². The molecule has 8 heteroatoms. The van der Waals surface area contributed by atoms with E-state index >= 15 is 0 Å². The molecule has 0 aromatic heterocycles. The van der Waals surface area contributed by atoms with Gasteiger partial charge in [0.1, 0.15) is 18.7 Å². The Hall–Kier alpha value is -4.17. The lowest BCUT2D eigenvalue weighted by atomic mass is 9.98. The van der Waals surface area contributed by atoms with Crippen molar-refractivity contribution >= 4 is 18.0 Å². The predicted octanol–water partition coefficient (Wildman–Crippen LogP) is 3.96. The Morgan fingerprint density at radius 3 is 2.03 bits per heavy atom. The molecule has 0 saturated carbocycles. The van der Waals surface area contributed by atoms with Gasteiger partial charge in [-0.15, -0.1) is 0 Å². The molecular formula is C30H33N3O5.